The quantitative estimate of drug-likeness (QED) is 0.816. The van der Waals surface area contributed by atoms with Crippen molar-refractivity contribution in [1.29, 1.82) is 0 Å². The molecule has 0 aromatic carbocycles. The Morgan fingerprint density at radius 3 is 3.06 bits per heavy atom. The molecule has 5 nitrogen and oxygen atoms in total. The summed E-state index contributed by atoms with van der Waals surface area (Å²) in [7, 11) is 1.62. The molecule has 1 aromatic heterocycles. The van der Waals surface area contributed by atoms with Gasteiger partial charge in [0, 0.05) is 30.9 Å². The average Bonchev–Trinajstić information content (AvgIpc) is 2.76. The van der Waals surface area contributed by atoms with E-state index >= 15 is 0 Å². The lowest BCUT2D eigenvalue weighted by atomic mass is 10.2. The monoisotopic (exact) mass is 222 g/mol. The van der Waals surface area contributed by atoms with Gasteiger partial charge in [-0.2, -0.15) is 4.98 Å². The van der Waals surface area contributed by atoms with Crippen molar-refractivity contribution >= 4 is 5.95 Å². The minimum absolute atomic E-state index is 0.367. The Bertz CT molecular complexity index is 369. The minimum atomic E-state index is 0.367. The van der Waals surface area contributed by atoms with E-state index in [-0.39, 0.29) is 0 Å². The van der Waals surface area contributed by atoms with Gasteiger partial charge >= 0.3 is 0 Å². The van der Waals surface area contributed by atoms with Crippen molar-refractivity contribution in [2.75, 3.05) is 25.1 Å². The van der Waals surface area contributed by atoms with Crippen molar-refractivity contribution in [2.45, 2.75) is 25.8 Å². The predicted molar refractivity (Wildman–Crippen MR) is 62.7 cm³/mol. The van der Waals surface area contributed by atoms with Gasteiger partial charge in [0.2, 0.25) is 11.8 Å². The van der Waals surface area contributed by atoms with Gasteiger partial charge in [-0.3, -0.25) is 0 Å². The zero-order valence-electron chi connectivity index (χ0n) is 9.81. The molecule has 1 aliphatic heterocycles. The normalized spacial score (nSPS) is 20.2. The summed E-state index contributed by atoms with van der Waals surface area (Å²) >= 11 is 0. The zero-order chi connectivity index (χ0) is 11.5. The average molecular weight is 222 g/mol. The smallest absolute Gasteiger partial charge is 0.229 e. The van der Waals surface area contributed by atoms with Gasteiger partial charge in [0.05, 0.1) is 7.11 Å². The number of hydrogen-bond acceptors (Lipinski definition) is 5. The van der Waals surface area contributed by atoms with E-state index in [2.05, 4.69) is 14.9 Å². The highest BCUT2D eigenvalue weighted by molar-refractivity contribution is 5.37. The first kappa shape index (κ1) is 11.1. The molecule has 1 aromatic rings. The SMILES string of the molecule is COc1cc(C)nc(N2CCCC2CN)n1. The summed E-state index contributed by atoms with van der Waals surface area (Å²) in [5, 5.41) is 0. The summed E-state index contributed by atoms with van der Waals surface area (Å²) < 4.78 is 5.16. The Balaban J connectivity index is 2.28. The lowest BCUT2D eigenvalue weighted by Crippen LogP contribution is -2.36. The predicted octanol–water partition coefficient (Wildman–Crippen LogP) is 0.721. The van der Waals surface area contributed by atoms with Gasteiger partial charge in [-0.05, 0) is 19.8 Å². The van der Waals surface area contributed by atoms with Crippen LogP contribution in [0.25, 0.3) is 0 Å². The molecule has 2 heterocycles. The highest BCUT2D eigenvalue weighted by Gasteiger charge is 2.25. The molecule has 1 saturated heterocycles. The van der Waals surface area contributed by atoms with Crippen molar-refractivity contribution < 1.29 is 4.74 Å². The number of aryl methyl sites for hydroxylation is 1. The summed E-state index contributed by atoms with van der Waals surface area (Å²) in [6.45, 7) is 3.58. The number of methoxy groups -OCH3 is 1. The van der Waals surface area contributed by atoms with Gasteiger partial charge in [-0.25, -0.2) is 4.98 Å². The molecular weight excluding hydrogens is 204 g/mol. The highest BCUT2D eigenvalue weighted by atomic mass is 16.5. The van der Waals surface area contributed by atoms with Crippen LogP contribution in [0.5, 0.6) is 5.88 Å². The van der Waals surface area contributed by atoms with Crippen LogP contribution in [0.3, 0.4) is 0 Å². The number of nitrogens with zero attached hydrogens (tertiary/aromatic N) is 3. The number of rotatable bonds is 3. The van der Waals surface area contributed by atoms with Crippen molar-refractivity contribution in [3.63, 3.8) is 0 Å². The third-order valence-electron chi connectivity index (χ3n) is 2.93. The van der Waals surface area contributed by atoms with Crippen LogP contribution in [0.1, 0.15) is 18.5 Å². The summed E-state index contributed by atoms with van der Waals surface area (Å²) in [6, 6.07) is 2.20. The highest BCUT2D eigenvalue weighted by Crippen LogP contribution is 2.23. The first-order valence-corrected chi connectivity index (χ1v) is 5.61. The zero-order valence-corrected chi connectivity index (χ0v) is 9.81. The first-order chi connectivity index (χ1) is 7.74. The molecule has 88 valence electrons. The number of aromatic nitrogens is 2. The molecular formula is C11H18N4O. The van der Waals surface area contributed by atoms with E-state index in [9.17, 15) is 0 Å². The third-order valence-corrected chi connectivity index (χ3v) is 2.93. The molecule has 5 heteroatoms. The van der Waals surface area contributed by atoms with Crippen LogP contribution in [-0.2, 0) is 0 Å². The van der Waals surface area contributed by atoms with E-state index < -0.39 is 0 Å². The lowest BCUT2D eigenvalue weighted by molar-refractivity contribution is 0.396. The Morgan fingerprint density at radius 1 is 1.56 bits per heavy atom. The molecule has 1 atom stereocenters. The van der Waals surface area contributed by atoms with Gasteiger partial charge in [0.15, 0.2) is 0 Å². The summed E-state index contributed by atoms with van der Waals surface area (Å²) in [5.41, 5.74) is 6.66. The summed E-state index contributed by atoms with van der Waals surface area (Å²) in [4.78, 5) is 11.0. The Labute approximate surface area is 95.6 Å². The third kappa shape index (κ3) is 2.09. The first-order valence-electron chi connectivity index (χ1n) is 5.61. The van der Waals surface area contributed by atoms with Crippen LogP contribution in [-0.4, -0.2) is 36.2 Å². The van der Waals surface area contributed by atoms with E-state index in [4.69, 9.17) is 10.5 Å². The van der Waals surface area contributed by atoms with E-state index in [0.29, 0.717) is 18.5 Å². The molecule has 0 radical (unpaired) electrons. The molecule has 1 aliphatic rings. The van der Waals surface area contributed by atoms with Gasteiger partial charge in [0.25, 0.3) is 0 Å². The maximum Gasteiger partial charge on any atom is 0.229 e. The van der Waals surface area contributed by atoms with Gasteiger partial charge < -0.3 is 15.4 Å². The molecule has 1 fully saturated rings. The molecule has 16 heavy (non-hydrogen) atoms. The number of ether oxygens (including phenoxy) is 1. The Morgan fingerprint density at radius 2 is 2.38 bits per heavy atom. The topological polar surface area (TPSA) is 64.3 Å². The Hall–Kier alpha value is -1.36. The molecule has 0 bridgehead atoms. The van der Waals surface area contributed by atoms with Crippen molar-refractivity contribution in [1.82, 2.24) is 9.97 Å². The van der Waals surface area contributed by atoms with E-state index in [1.54, 1.807) is 7.11 Å². The molecule has 0 saturated carbocycles. The van der Waals surface area contributed by atoms with Gasteiger partial charge in [0.1, 0.15) is 0 Å². The lowest BCUT2D eigenvalue weighted by Gasteiger charge is -2.23. The fourth-order valence-corrected chi connectivity index (χ4v) is 2.10. The van der Waals surface area contributed by atoms with Crippen LogP contribution in [0.4, 0.5) is 5.95 Å². The number of hydrogen-bond donors (Lipinski definition) is 1. The second-order valence-corrected chi connectivity index (χ2v) is 4.08. The summed E-state index contributed by atoms with van der Waals surface area (Å²) in [6.07, 6.45) is 2.28. The maximum absolute atomic E-state index is 5.74. The van der Waals surface area contributed by atoms with E-state index in [1.807, 2.05) is 13.0 Å². The van der Waals surface area contributed by atoms with Crippen LogP contribution in [0, 0.1) is 6.92 Å². The van der Waals surface area contributed by atoms with Crippen LogP contribution < -0.4 is 15.4 Å². The summed E-state index contributed by atoms with van der Waals surface area (Å²) in [5.74, 6) is 1.36. The molecule has 2 N–H and O–H groups in total. The Kier molecular flexibility index (Phi) is 3.24. The maximum atomic E-state index is 5.74. The number of nitrogens with two attached hydrogens (primary N) is 1. The van der Waals surface area contributed by atoms with Gasteiger partial charge in [-0.1, -0.05) is 0 Å². The fourth-order valence-electron chi connectivity index (χ4n) is 2.10. The second-order valence-electron chi connectivity index (χ2n) is 4.08. The van der Waals surface area contributed by atoms with Crippen molar-refractivity contribution in [3.8, 4) is 5.88 Å². The van der Waals surface area contributed by atoms with Crippen LogP contribution >= 0.6 is 0 Å². The minimum Gasteiger partial charge on any atom is -0.481 e. The standard InChI is InChI=1S/C11H18N4O/c1-8-6-10(16-2)14-11(13-8)15-5-3-4-9(15)7-12/h6,9H,3-5,7,12H2,1-2H3. The molecule has 0 aliphatic carbocycles. The number of anilines is 1. The van der Waals surface area contributed by atoms with Crippen molar-refractivity contribution in [3.05, 3.63) is 11.8 Å². The fraction of sp³-hybridized carbons (Fsp3) is 0.636. The van der Waals surface area contributed by atoms with Crippen LogP contribution in [0.2, 0.25) is 0 Å². The van der Waals surface area contributed by atoms with E-state index in [0.717, 1.165) is 31.0 Å². The van der Waals surface area contributed by atoms with Crippen molar-refractivity contribution in [2.24, 2.45) is 5.73 Å². The molecule has 2 rings (SSSR count). The molecule has 1 unspecified atom stereocenters. The second kappa shape index (κ2) is 4.65. The largest absolute Gasteiger partial charge is 0.481 e. The van der Waals surface area contributed by atoms with Crippen LogP contribution in [0.15, 0.2) is 6.07 Å². The molecule has 0 spiro atoms. The van der Waals surface area contributed by atoms with E-state index in [1.165, 1.54) is 0 Å². The molecule has 0 amide bonds. The van der Waals surface area contributed by atoms with Gasteiger partial charge in [-0.15, -0.1) is 0 Å².